The zero-order valence-corrected chi connectivity index (χ0v) is 11.7. The molecule has 1 aliphatic heterocycles. The molecule has 1 fully saturated rings. The quantitative estimate of drug-likeness (QED) is 0.916. The third-order valence-corrected chi connectivity index (χ3v) is 3.66. The second-order valence-corrected chi connectivity index (χ2v) is 5.12. The molecule has 3 rings (SSSR count). The van der Waals surface area contributed by atoms with E-state index in [9.17, 15) is 9.59 Å². The van der Waals surface area contributed by atoms with Gasteiger partial charge in [0.2, 0.25) is 5.91 Å². The maximum Gasteiger partial charge on any atom is 0.254 e. The smallest absolute Gasteiger partial charge is 0.254 e. The molecule has 21 heavy (non-hydrogen) atoms. The Morgan fingerprint density at radius 3 is 2.38 bits per heavy atom. The van der Waals surface area contributed by atoms with Gasteiger partial charge in [0, 0.05) is 5.69 Å². The summed E-state index contributed by atoms with van der Waals surface area (Å²) in [5.41, 5.74) is 2.57. The normalized spacial score (nSPS) is 18.5. The second-order valence-electron chi connectivity index (χ2n) is 5.12. The van der Waals surface area contributed by atoms with Gasteiger partial charge in [-0.25, -0.2) is 0 Å². The lowest BCUT2D eigenvalue weighted by Gasteiger charge is -2.33. The first-order valence-electron chi connectivity index (χ1n) is 6.88. The van der Waals surface area contributed by atoms with Crippen LogP contribution in [0.15, 0.2) is 54.6 Å². The standard InChI is InChI=1S/C17H16N2O2/c1-12-7-5-6-10-14(12)19-11-15(20)18-16(17(19)21)13-8-3-2-4-9-13/h2-10,16H,11H2,1H3,(H,18,20). The highest BCUT2D eigenvalue weighted by atomic mass is 16.2. The molecular weight excluding hydrogens is 264 g/mol. The van der Waals surface area contributed by atoms with E-state index in [-0.39, 0.29) is 18.4 Å². The molecule has 0 aromatic heterocycles. The molecule has 4 heteroatoms. The van der Waals surface area contributed by atoms with Gasteiger partial charge < -0.3 is 10.2 Å². The van der Waals surface area contributed by atoms with E-state index in [0.29, 0.717) is 0 Å². The van der Waals surface area contributed by atoms with Gasteiger partial charge in [-0.2, -0.15) is 0 Å². The Balaban J connectivity index is 1.98. The zero-order valence-electron chi connectivity index (χ0n) is 11.7. The van der Waals surface area contributed by atoms with Crippen LogP contribution in [-0.2, 0) is 9.59 Å². The van der Waals surface area contributed by atoms with Crippen LogP contribution in [-0.4, -0.2) is 18.4 Å². The van der Waals surface area contributed by atoms with E-state index >= 15 is 0 Å². The third kappa shape index (κ3) is 2.52. The number of aryl methyl sites for hydroxylation is 1. The highest BCUT2D eigenvalue weighted by Gasteiger charge is 2.34. The molecule has 0 spiro atoms. The predicted octanol–water partition coefficient (Wildman–Crippen LogP) is 2.20. The number of hydrogen-bond acceptors (Lipinski definition) is 2. The Labute approximate surface area is 123 Å². The molecule has 0 bridgehead atoms. The fourth-order valence-electron chi connectivity index (χ4n) is 2.59. The van der Waals surface area contributed by atoms with E-state index in [1.807, 2.05) is 61.5 Å². The molecule has 1 unspecified atom stereocenters. The fourth-order valence-corrected chi connectivity index (χ4v) is 2.59. The van der Waals surface area contributed by atoms with Gasteiger partial charge in [-0.3, -0.25) is 9.59 Å². The first kappa shape index (κ1) is 13.4. The van der Waals surface area contributed by atoms with Crippen LogP contribution in [0.4, 0.5) is 5.69 Å². The van der Waals surface area contributed by atoms with Crippen molar-refractivity contribution in [3.05, 3.63) is 65.7 Å². The lowest BCUT2D eigenvalue weighted by molar-refractivity contribution is -0.131. The number of anilines is 1. The van der Waals surface area contributed by atoms with Crippen LogP contribution in [0.2, 0.25) is 0 Å². The third-order valence-electron chi connectivity index (χ3n) is 3.66. The van der Waals surface area contributed by atoms with Gasteiger partial charge in [-0.05, 0) is 24.1 Å². The minimum absolute atomic E-state index is 0.0625. The lowest BCUT2D eigenvalue weighted by atomic mass is 10.0. The summed E-state index contributed by atoms with van der Waals surface area (Å²) < 4.78 is 0. The molecular formula is C17H16N2O2. The number of nitrogens with zero attached hydrogens (tertiary/aromatic N) is 1. The largest absolute Gasteiger partial charge is 0.339 e. The van der Waals surface area contributed by atoms with Crippen molar-refractivity contribution in [1.29, 1.82) is 0 Å². The zero-order chi connectivity index (χ0) is 14.8. The molecule has 1 saturated heterocycles. The first-order valence-corrected chi connectivity index (χ1v) is 6.88. The molecule has 2 aromatic carbocycles. The van der Waals surface area contributed by atoms with E-state index in [1.165, 1.54) is 0 Å². The van der Waals surface area contributed by atoms with E-state index in [2.05, 4.69) is 5.32 Å². The Kier molecular flexibility index (Phi) is 3.44. The highest BCUT2D eigenvalue weighted by Crippen LogP contribution is 2.26. The fraction of sp³-hybridized carbons (Fsp3) is 0.176. The molecule has 4 nitrogen and oxygen atoms in total. The molecule has 1 heterocycles. The summed E-state index contributed by atoms with van der Waals surface area (Å²) in [6.07, 6.45) is 0. The van der Waals surface area contributed by atoms with Crippen molar-refractivity contribution in [2.75, 3.05) is 11.4 Å². The number of benzene rings is 2. The molecule has 1 atom stereocenters. The minimum atomic E-state index is -0.618. The molecule has 0 radical (unpaired) electrons. The van der Waals surface area contributed by atoms with E-state index < -0.39 is 6.04 Å². The topological polar surface area (TPSA) is 49.4 Å². The van der Waals surface area contributed by atoms with Gasteiger partial charge in [-0.15, -0.1) is 0 Å². The van der Waals surface area contributed by atoms with Crippen molar-refractivity contribution >= 4 is 17.5 Å². The van der Waals surface area contributed by atoms with Crippen LogP contribution in [0.3, 0.4) is 0 Å². The van der Waals surface area contributed by atoms with Gasteiger partial charge in [0.05, 0.1) is 0 Å². The molecule has 2 amide bonds. The lowest BCUT2D eigenvalue weighted by Crippen LogP contribution is -2.53. The van der Waals surface area contributed by atoms with Crippen molar-refractivity contribution < 1.29 is 9.59 Å². The van der Waals surface area contributed by atoms with E-state index in [4.69, 9.17) is 0 Å². The summed E-state index contributed by atoms with van der Waals surface area (Å²) in [5, 5.41) is 2.77. The number of carbonyl (C=O) groups excluding carboxylic acids is 2. The Bertz CT molecular complexity index is 682. The van der Waals surface area contributed by atoms with Crippen molar-refractivity contribution in [3.63, 3.8) is 0 Å². The van der Waals surface area contributed by atoms with Crippen LogP contribution in [0, 0.1) is 6.92 Å². The average molecular weight is 280 g/mol. The van der Waals surface area contributed by atoms with E-state index in [1.54, 1.807) is 4.90 Å². The molecule has 1 N–H and O–H groups in total. The number of amides is 2. The predicted molar refractivity (Wildman–Crippen MR) is 80.9 cm³/mol. The average Bonchev–Trinajstić information content (AvgIpc) is 2.51. The van der Waals surface area contributed by atoms with Crippen molar-refractivity contribution in [3.8, 4) is 0 Å². The van der Waals surface area contributed by atoms with Crippen molar-refractivity contribution in [2.45, 2.75) is 13.0 Å². The summed E-state index contributed by atoms with van der Waals surface area (Å²) in [5.74, 6) is -0.248. The number of carbonyl (C=O) groups is 2. The summed E-state index contributed by atoms with van der Waals surface area (Å²) >= 11 is 0. The monoisotopic (exact) mass is 280 g/mol. The van der Waals surface area contributed by atoms with Gasteiger partial charge in [-0.1, -0.05) is 48.5 Å². The SMILES string of the molecule is Cc1ccccc1N1CC(=O)NC(c2ccccc2)C1=O. The number of hydrogen-bond donors (Lipinski definition) is 1. The van der Waals surface area contributed by atoms with Crippen LogP contribution in [0.5, 0.6) is 0 Å². The Morgan fingerprint density at radius 1 is 1.00 bits per heavy atom. The van der Waals surface area contributed by atoms with Gasteiger partial charge >= 0.3 is 0 Å². The number of para-hydroxylation sites is 1. The van der Waals surface area contributed by atoms with Crippen molar-refractivity contribution in [1.82, 2.24) is 5.32 Å². The minimum Gasteiger partial charge on any atom is -0.339 e. The molecule has 1 aliphatic rings. The number of nitrogens with one attached hydrogen (secondary N) is 1. The van der Waals surface area contributed by atoms with Crippen LogP contribution >= 0.6 is 0 Å². The first-order chi connectivity index (χ1) is 10.2. The summed E-state index contributed by atoms with van der Waals surface area (Å²) in [7, 11) is 0. The molecule has 0 aliphatic carbocycles. The second kappa shape index (κ2) is 5.40. The molecule has 0 saturated carbocycles. The van der Waals surface area contributed by atoms with Crippen LogP contribution < -0.4 is 10.2 Å². The Hall–Kier alpha value is -2.62. The summed E-state index contributed by atoms with van der Waals surface area (Å²) in [4.78, 5) is 26.3. The van der Waals surface area contributed by atoms with Gasteiger partial charge in [0.15, 0.2) is 0 Å². The van der Waals surface area contributed by atoms with E-state index in [0.717, 1.165) is 16.8 Å². The van der Waals surface area contributed by atoms with Gasteiger partial charge in [0.1, 0.15) is 12.6 Å². The maximum absolute atomic E-state index is 12.7. The van der Waals surface area contributed by atoms with Crippen LogP contribution in [0.1, 0.15) is 17.2 Å². The van der Waals surface area contributed by atoms with Gasteiger partial charge in [0.25, 0.3) is 5.91 Å². The number of rotatable bonds is 2. The summed E-state index contributed by atoms with van der Waals surface area (Å²) in [6.45, 7) is 2.00. The Morgan fingerprint density at radius 2 is 1.67 bits per heavy atom. The molecule has 106 valence electrons. The van der Waals surface area contributed by atoms with Crippen molar-refractivity contribution in [2.24, 2.45) is 0 Å². The molecule has 2 aromatic rings. The summed E-state index contributed by atoms with van der Waals surface area (Å²) in [6, 6.07) is 16.3. The number of piperazine rings is 1. The van der Waals surface area contributed by atoms with Crippen LogP contribution in [0.25, 0.3) is 0 Å². The maximum atomic E-state index is 12.7. The highest BCUT2D eigenvalue weighted by molar-refractivity contribution is 6.07.